The minimum absolute atomic E-state index is 0.0213. The van der Waals surface area contributed by atoms with Crippen molar-refractivity contribution in [3.05, 3.63) is 60.2 Å². The second-order valence-corrected chi connectivity index (χ2v) is 7.05. The number of benzene rings is 2. The first-order valence-corrected chi connectivity index (χ1v) is 9.67. The smallest absolute Gasteiger partial charge is 0.251 e. The molecule has 1 unspecified atom stereocenters. The summed E-state index contributed by atoms with van der Waals surface area (Å²) >= 11 is 0. The quantitative estimate of drug-likeness (QED) is 0.731. The molecule has 150 valence electrons. The summed E-state index contributed by atoms with van der Waals surface area (Å²) in [5.74, 6) is 1.46. The average molecular weight is 384 g/mol. The summed E-state index contributed by atoms with van der Waals surface area (Å²) < 4.78 is 10.8. The summed E-state index contributed by atoms with van der Waals surface area (Å²) in [5.41, 5.74) is 0.691. The molecule has 2 aromatic rings. The largest absolute Gasteiger partial charge is 0.497 e. The number of β-amino-alcohol motifs (C(OH)–C–C–N with tert-alkyl or cyclic N) is 1. The molecule has 3 rings (SSSR count). The number of nitrogens with one attached hydrogen (secondary N) is 1. The fourth-order valence-corrected chi connectivity index (χ4v) is 3.33. The molecule has 1 atom stereocenters. The zero-order valence-electron chi connectivity index (χ0n) is 16.2. The number of amides is 1. The molecule has 6 nitrogen and oxygen atoms in total. The van der Waals surface area contributed by atoms with E-state index in [1.165, 1.54) is 0 Å². The Balaban J connectivity index is 1.35. The molecule has 6 heteroatoms. The van der Waals surface area contributed by atoms with Crippen LogP contribution >= 0.6 is 0 Å². The van der Waals surface area contributed by atoms with Crippen molar-refractivity contribution >= 4 is 5.91 Å². The first-order chi connectivity index (χ1) is 13.6. The first-order valence-electron chi connectivity index (χ1n) is 9.67. The summed E-state index contributed by atoms with van der Waals surface area (Å²) in [6, 6.07) is 16.8. The van der Waals surface area contributed by atoms with Crippen LogP contribution in [-0.4, -0.2) is 61.4 Å². The van der Waals surface area contributed by atoms with Crippen molar-refractivity contribution in [3.8, 4) is 11.5 Å². The number of ether oxygens (including phenoxy) is 2. The number of aliphatic hydroxyl groups excluding tert-OH is 1. The maximum absolute atomic E-state index is 12.2. The van der Waals surface area contributed by atoms with E-state index < -0.39 is 6.10 Å². The highest BCUT2D eigenvalue weighted by Crippen LogP contribution is 2.17. The lowest BCUT2D eigenvalue weighted by Crippen LogP contribution is -2.47. The van der Waals surface area contributed by atoms with Crippen LogP contribution in [0.25, 0.3) is 0 Å². The normalized spacial score (nSPS) is 16.4. The molecule has 0 bridgehead atoms. The van der Waals surface area contributed by atoms with Crippen LogP contribution in [0.2, 0.25) is 0 Å². The molecular formula is C22H28N2O4. The molecule has 1 saturated heterocycles. The van der Waals surface area contributed by atoms with Crippen molar-refractivity contribution in [3.63, 3.8) is 0 Å². The van der Waals surface area contributed by atoms with Crippen molar-refractivity contribution in [1.29, 1.82) is 0 Å². The van der Waals surface area contributed by atoms with Crippen LogP contribution in [-0.2, 0) is 0 Å². The molecule has 1 aliphatic heterocycles. The fraction of sp³-hybridized carbons (Fsp3) is 0.409. The van der Waals surface area contributed by atoms with Gasteiger partial charge in [0.15, 0.2) is 0 Å². The van der Waals surface area contributed by atoms with Gasteiger partial charge in [-0.1, -0.05) is 18.2 Å². The van der Waals surface area contributed by atoms with E-state index in [0.29, 0.717) is 17.9 Å². The monoisotopic (exact) mass is 384 g/mol. The van der Waals surface area contributed by atoms with Crippen LogP contribution in [0.15, 0.2) is 54.6 Å². The third-order valence-corrected chi connectivity index (χ3v) is 4.93. The molecule has 28 heavy (non-hydrogen) atoms. The standard InChI is InChI=1S/C22H28N2O4/c1-27-20-7-9-21(10-8-20)28-16-19(25)15-24-13-11-18(12-14-24)23-22(26)17-5-3-2-4-6-17/h2-10,18-19,25H,11-16H2,1H3,(H,23,26). The molecule has 1 heterocycles. The second-order valence-electron chi connectivity index (χ2n) is 7.05. The Morgan fingerprint density at radius 1 is 1.11 bits per heavy atom. The number of methoxy groups -OCH3 is 1. The third-order valence-electron chi connectivity index (χ3n) is 4.93. The third kappa shape index (κ3) is 5.97. The number of likely N-dealkylation sites (tertiary alicyclic amines) is 1. The predicted molar refractivity (Wildman–Crippen MR) is 108 cm³/mol. The summed E-state index contributed by atoms with van der Waals surface area (Å²) in [6.07, 6.45) is 1.20. The van der Waals surface area contributed by atoms with E-state index in [-0.39, 0.29) is 18.6 Å². The zero-order chi connectivity index (χ0) is 19.8. The Kier molecular flexibility index (Phi) is 7.28. The van der Waals surface area contributed by atoms with Crippen LogP contribution in [0, 0.1) is 0 Å². The highest BCUT2D eigenvalue weighted by molar-refractivity contribution is 5.94. The maximum Gasteiger partial charge on any atom is 0.251 e. The second kappa shape index (κ2) is 10.1. The number of piperidine rings is 1. The van der Waals surface area contributed by atoms with Gasteiger partial charge >= 0.3 is 0 Å². The van der Waals surface area contributed by atoms with E-state index in [0.717, 1.165) is 31.7 Å². The summed E-state index contributed by atoms with van der Waals surface area (Å²) in [6.45, 7) is 2.51. The van der Waals surface area contributed by atoms with Crippen LogP contribution in [0.3, 0.4) is 0 Å². The lowest BCUT2D eigenvalue weighted by Gasteiger charge is -2.33. The number of nitrogens with zero attached hydrogens (tertiary/aromatic N) is 1. The fourth-order valence-electron chi connectivity index (χ4n) is 3.33. The van der Waals surface area contributed by atoms with Crippen LogP contribution in [0.1, 0.15) is 23.2 Å². The topological polar surface area (TPSA) is 71.0 Å². The van der Waals surface area contributed by atoms with Gasteiger partial charge in [0.25, 0.3) is 5.91 Å². The molecule has 0 spiro atoms. The zero-order valence-corrected chi connectivity index (χ0v) is 16.2. The van der Waals surface area contributed by atoms with E-state index in [1.807, 2.05) is 54.6 Å². The molecule has 1 fully saturated rings. The number of carbonyl (C=O) groups excluding carboxylic acids is 1. The average Bonchev–Trinajstić information content (AvgIpc) is 2.74. The number of rotatable bonds is 8. The van der Waals surface area contributed by atoms with Gasteiger partial charge in [-0.05, 0) is 49.2 Å². The van der Waals surface area contributed by atoms with Crippen LogP contribution in [0.4, 0.5) is 0 Å². The first kappa shape index (κ1) is 20.2. The van der Waals surface area contributed by atoms with Crippen molar-refractivity contribution in [2.45, 2.75) is 25.0 Å². The predicted octanol–water partition coefficient (Wildman–Crippen LogP) is 2.33. The Hall–Kier alpha value is -2.57. The molecule has 0 aliphatic carbocycles. The number of aliphatic hydroxyl groups is 1. The maximum atomic E-state index is 12.2. The highest BCUT2D eigenvalue weighted by Gasteiger charge is 2.22. The van der Waals surface area contributed by atoms with Gasteiger partial charge in [-0.3, -0.25) is 4.79 Å². The van der Waals surface area contributed by atoms with Crippen LogP contribution in [0.5, 0.6) is 11.5 Å². The van der Waals surface area contributed by atoms with Gasteiger partial charge < -0.3 is 24.8 Å². The van der Waals surface area contributed by atoms with Gasteiger partial charge in [0, 0.05) is 31.2 Å². The van der Waals surface area contributed by atoms with Crippen molar-refractivity contribution in [2.24, 2.45) is 0 Å². The molecular weight excluding hydrogens is 356 g/mol. The summed E-state index contributed by atoms with van der Waals surface area (Å²) in [5, 5.41) is 13.4. The molecule has 0 saturated carbocycles. The number of hydrogen-bond donors (Lipinski definition) is 2. The number of carbonyl (C=O) groups is 1. The van der Waals surface area contributed by atoms with Gasteiger partial charge in [-0.25, -0.2) is 0 Å². The number of hydrogen-bond acceptors (Lipinski definition) is 5. The Morgan fingerprint density at radius 3 is 2.39 bits per heavy atom. The van der Waals surface area contributed by atoms with Gasteiger partial charge in [0.1, 0.15) is 24.2 Å². The van der Waals surface area contributed by atoms with E-state index in [4.69, 9.17) is 9.47 Å². The SMILES string of the molecule is COc1ccc(OCC(O)CN2CCC(NC(=O)c3ccccc3)CC2)cc1. The van der Waals surface area contributed by atoms with Gasteiger partial charge in [0.2, 0.25) is 0 Å². The van der Waals surface area contributed by atoms with Crippen LogP contribution < -0.4 is 14.8 Å². The molecule has 2 N–H and O–H groups in total. The minimum atomic E-state index is -0.558. The molecule has 0 radical (unpaired) electrons. The lowest BCUT2D eigenvalue weighted by molar-refractivity contribution is 0.0567. The van der Waals surface area contributed by atoms with Gasteiger partial charge in [0.05, 0.1) is 7.11 Å². The van der Waals surface area contributed by atoms with E-state index >= 15 is 0 Å². The summed E-state index contributed by atoms with van der Waals surface area (Å²) in [4.78, 5) is 14.5. The summed E-state index contributed by atoms with van der Waals surface area (Å²) in [7, 11) is 1.62. The van der Waals surface area contributed by atoms with E-state index in [1.54, 1.807) is 7.11 Å². The van der Waals surface area contributed by atoms with Gasteiger partial charge in [-0.15, -0.1) is 0 Å². The Bertz CT molecular complexity index is 728. The van der Waals surface area contributed by atoms with Gasteiger partial charge in [-0.2, -0.15) is 0 Å². The molecule has 0 aromatic heterocycles. The molecule has 2 aromatic carbocycles. The lowest BCUT2D eigenvalue weighted by atomic mass is 10.0. The molecule has 1 aliphatic rings. The Labute approximate surface area is 166 Å². The van der Waals surface area contributed by atoms with E-state index in [2.05, 4.69) is 10.2 Å². The minimum Gasteiger partial charge on any atom is -0.497 e. The van der Waals surface area contributed by atoms with Crippen molar-refractivity contribution < 1.29 is 19.4 Å². The van der Waals surface area contributed by atoms with Crippen molar-refractivity contribution in [1.82, 2.24) is 10.2 Å². The van der Waals surface area contributed by atoms with E-state index in [9.17, 15) is 9.90 Å². The van der Waals surface area contributed by atoms with Crippen molar-refractivity contribution in [2.75, 3.05) is 33.4 Å². The Morgan fingerprint density at radius 2 is 1.75 bits per heavy atom. The molecule has 1 amide bonds. The highest BCUT2D eigenvalue weighted by atomic mass is 16.5.